The number of hydrogen-bond acceptors (Lipinski definition) is 5. The van der Waals surface area contributed by atoms with E-state index in [2.05, 4.69) is 10.7 Å². The van der Waals surface area contributed by atoms with Crippen LogP contribution >= 0.6 is 0 Å². The van der Waals surface area contributed by atoms with Crippen molar-refractivity contribution in [1.82, 2.24) is 10.3 Å². The van der Waals surface area contributed by atoms with Crippen molar-refractivity contribution in [2.24, 2.45) is 0 Å². The van der Waals surface area contributed by atoms with Crippen molar-refractivity contribution in [3.8, 4) is 0 Å². The Kier molecular flexibility index (Phi) is 2.79. The molecule has 0 saturated carbocycles. The van der Waals surface area contributed by atoms with Crippen LogP contribution in [-0.4, -0.2) is 29.7 Å². The fourth-order valence-electron chi connectivity index (χ4n) is 1.44. The first-order valence-corrected chi connectivity index (χ1v) is 4.72. The van der Waals surface area contributed by atoms with Crippen LogP contribution in [-0.2, 0) is 0 Å². The number of nitrogens with zero attached hydrogens (tertiary/aromatic N) is 2. The summed E-state index contributed by atoms with van der Waals surface area (Å²) in [6.45, 7) is 2.67. The van der Waals surface area contributed by atoms with Crippen LogP contribution in [0.15, 0.2) is 24.3 Å². The van der Waals surface area contributed by atoms with E-state index in [4.69, 9.17) is 0 Å². The van der Waals surface area contributed by atoms with Crippen LogP contribution in [0.25, 0.3) is 0 Å². The first-order chi connectivity index (χ1) is 7.25. The van der Waals surface area contributed by atoms with Crippen LogP contribution in [0, 0.1) is 10.1 Å². The summed E-state index contributed by atoms with van der Waals surface area (Å²) in [6.07, 6.45) is 0. The van der Waals surface area contributed by atoms with Crippen molar-refractivity contribution in [1.29, 1.82) is 0 Å². The molecule has 0 amide bonds. The topological polar surface area (TPSA) is 70.4 Å². The summed E-state index contributed by atoms with van der Waals surface area (Å²) in [5.41, 5.74) is 4.13. The maximum absolute atomic E-state index is 10.4. The summed E-state index contributed by atoms with van der Waals surface area (Å²) in [7, 11) is 0. The smallest absolute Gasteiger partial charge is 0.269 e. The SMILES string of the molecule is O=[N+]([O-])c1ccc(NN2CCNC2)cc1. The predicted octanol–water partition coefficient (Wildman–Crippen LogP) is 0.784. The highest BCUT2D eigenvalue weighted by Gasteiger charge is 2.10. The van der Waals surface area contributed by atoms with E-state index in [0.29, 0.717) is 0 Å². The van der Waals surface area contributed by atoms with Gasteiger partial charge >= 0.3 is 0 Å². The molecule has 1 aromatic rings. The molecule has 0 atom stereocenters. The molecule has 0 aromatic heterocycles. The number of anilines is 1. The monoisotopic (exact) mass is 208 g/mol. The Bertz CT molecular complexity index is 346. The molecule has 1 aromatic carbocycles. The third-order valence-corrected chi connectivity index (χ3v) is 2.23. The van der Waals surface area contributed by atoms with E-state index in [0.717, 1.165) is 25.4 Å². The molecule has 1 aliphatic rings. The Morgan fingerprint density at radius 2 is 2.13 bits per heavy atom. The first kappa shape index (κ1) is 9.88. The summed E-state index contributed by atoms with van der Waals surface area (Å²) < 4.78 is 0. The lowest BCUT2D eigenvalue weighted by Gasteiger charge is -2.16. The van der Waals surface area contributed by atoms with Gasteiger partial charge in [-0.05, 0) is 12.1 Å². The molecular weight excluding hydrogens is 196 g/mol. The van der Waals surface area contributed by atoms with Crippen molar-refractivity contribution < 1.29 is 4.92 Å². The fraction of sp³-hybridized carbons (Fsp3) is 0.333. The molecule has 6 nitrogen and oxygen atoms in total. The minimum absolute atomic E-state index is 0.111. The summed E-state index contributed by atoms with van der Waals surface area (Å²) >= 11 is 0. The second-order valence-corrected chi connectivity index (χ2v) is 3.34. The maximum Gasteiger partial charge on any atom is 0.269 e. The van der Waals surface area contributed by atoms with E-state index in [1.54, 1.807) is 12.1 Å². The van der Waals surface area contributed by atoms with E-state index in [-0.39, 0.29) is 5.69 Å². The molecule has 1 aliphatic heterocycles. The normalized spacial score (nSPS) is 16.5. The number of hydrazine groups is 1. The van der Waals surface area contributed by atoms with Gasteiger partial charge in [-0.15, -0.1) is 0 Å². The van der Waals surface area contributed by atoms with Crippen molar-refractivity contribution in [2.45, 2.75) is 0 Å². The molecular formula is C9H12N4O2. The lowest BCUT2D eigenvalue weighted by atomic mass is 10.3. The number of non-ortho nitro benzene ring substituents is 1. The van der Waals surface area contributed by atoms with Gasteiger partial charge in [-0.1, -0.05) is 0 Å². The van der Waals surface area contributed by atoms with Crippen LogP contribution in [0.5, 0.6) is 0 Å². The van der Waals surface area contributed by atoms with Gasteiger partial charge in [0.1, 0.15) is 0 Å². The number of benzene rings is 1. The van der Waals surface area contributed by atoms with Crippen LogP contribution in [0.3, 0.4) is 0 Å². The van der Waals surface area contributed by atoms with Crippen molar-refractivity contribution in [2.75, 3.05) is 25.2 Å². The Morgan fingerprint density at radius 3 is 2.67 bits per heavy atom. The average molecular weight is 208 g/mol. The van der Waals surface area contributed by atoms with Gasteiger partial charge in [0.05, 0.1) is 11.6 Å². The molecule has 1 heterocycles. The van der Waals surface area contributed by atoms with Gasteiger partial charge in [-0.2, -0.15) is 0 Å². The zero-order valence-electron chi connectivity index (χ0n) is 8.14. The fourth-order valence-corrected chi connectivity index (χ4v) is 1.44. The maximum atomic E-state index is 10.4. The van der Waals surface area contributed by atoms with Crippen molar-refractivity contribution >= 4 is 11.4 Å². The van der Waals surface area contributed by atoms with Crippen LogP contribution in [0.1, 0.15) is 0 Å². The standard InChI is InChI=1S/C9H12N4O2/c14-13(15)9-3-1-8(2-4-9)11-12-6-5-10-7-12/h1-4,10-11H,5-7H2. The van der Waals surface area contributed by atoms with Crippen molar-refractivity contribution in [3.63, 3.8) is 0 Å². The number of nitrogens with one attached hydrogen (secondary N) is 2. The van der Waals surface area contributed by atoms with E-state index in [9.17, 15) is 10.1 Å². The third-order valence-electron chi connectivity index (χ3n) is 2.23. The predicted molar refractivity (Wildman–Crippen MR) is 56.3 cm³/mol. The Hall–Kier alpha value is -1.66. The zero-order chi connectivity index (χ0) is 10.7. The Balaban J connectivity index is 2.00. The van der Waals surface area contributed by atoms with E-state index >= 15 is 0 Å². The number of nitro groups is 1. The molecule has 15 heavy (non-hydrogen) atoms. The lowest BCUT2D eigenvalue weighted by Crippen LogP contribution is -2.28. The molecule has 6 heteroatoms. The number of rotatable bonds is 3. The second-order valence-electron chi connectivity index (χ2n) is 3.34. The molecule has 80 valence electrons. The van der Waals surface area contributed by atoms with E-state index in [1.165, 1.54) is 12.1 Å². The number of nitro benzene ring substituents is 1. The van der Waals surface area contributed by atoms with Crippen LogP contribution < -0.4 is 10.7 Å². The highest BCUT2D eigenvalue weighted by Crippen LogP contribution is 2.15. The molecule has 1 fully saturated rings. The molecule has 0 aliphatic carbocycles. The van der Waals surface area contributed by atoms with Crippen molar-refractivity contribution in [3.05, 3.63) is 34.4 Å². The summed E-state index contributed by atoms with van der Waals surface area (Å²) in [6, 6.07) is 6.39. The molecule has 2 N–H and O–H groups in total. The van der Waals surface area contributed by atoms with Gasteiger partial charge in [-0.3, -0.25) is 10.1 Å². The summed E-state index contributed by atoms with van der Waals surface area (Å²) in [4.78, 5) is 10.0. The van der Waals surface area contributed by atoms with Gasteiger partial charge in [-0.25, -0.2) is 5.01 Å². The Morgan fingerprint density at radius 1 is 1.40 bits per heavy atom. The Labute approximate surface area is 87.0 Å². The van der Waals surface area contributed by atoms with Gasteiger partial charge in [0.15, 0.2) is 0 Å². The van der Waals surface area contributed by atoms with Gasteiger partial charge in [0.25, 0.3) is 5.69 Å². The summed E-state index contributed by atoms with van der Waals surface area (Å²) in [5, 5.41) is 15.6. The van der Waals surface area contributed by atoms with E-state index < -0.39 is 4.92 Å². The van der Waals surface area contributed by atoms with E-state index in [1.807, 2.05) is 5.01 Å². The molecule has 1 saturated heterocycles. The minimum atomic E-state index is -0.402. The second kappa shape index (κ2) is 4.24. The largest absolute Gasteiger partial charge is 0.318 e. The minimum Gasteiger partial charge on any atom is -0.318 e. The third kappa shape index (κ3) is 2.42. The first-order valence-electron chi connectivity index (χ1n) is 4.72. The van der Waals surface area contributed by atoms with Gasteiger partial charge in [0, 0.05) is 30.9 Å². The highest BCUT2D eigenvalue weighted by atomic mass is 16.6. The van der Waals surface area contributed by atoms with Gasteiger partial charge < -0.3 is 10.7 Å². The molecule has 0 radical (unpaired) electrons. The summed E-state index contributed by atoms with van der Waals surface area (Å²) in [5.74, 6) is 0. The quantitative estimate of drug-likeness (QED) is 0.567. The van der Waals surface area contributed by atoms with Crippen LogP contribution in [0.2, 0.25) is 0 Å². The molecule has 0 unspecified atom stereocenters. The number of hydrogen-bond donors (Lipinski definition) is 2. The zero-order valence-corrected chi connectivity index (χ0v) is 8.14. The average Bonchev–Trinajstić information content (AvgIpc) is 2.71. The molecule has 0 bridgehead atoms. The highest BCUT2D eigenvalue weighted by molar-refractivity contribution is 5.47. The lowest BCUT2D eigenvalue weighted by molar-refractivity contribution is -0.384. The van der Waals surface area contributed by atoms with Gasteiger partial charge in [0.2, 0.25) is 0 Å². The van der Waals surface area contributed by atoms with Crippen LogP contribution in [0.4, 0.5) is 11.4 Å². The molecule has 2 rings (SSSR count). The molecule has 0 spiro atoms.